The number of nitrogens with one attached hydrogen (secondary N) is 2. The van der Waals surface area contributed by atoms with Gasteiger partial charge in [-0.2, -0.15) is 8.78 Å². The number of aromatic nitrogens is 1. The highest BCUT2D eigenvalue weighted by atomic mass is 127. The number of fused-ring (bicyclic) bond motifs is 2. The molecule has 0 aliphatic heterocycles. The van der Waals surface area contributed by atoms with Crippen molar-refractivity contribution in [2.75, 3.05) is 12.4 Å². The Bertz CT molecular complexity index is 1710. The summed E-state index contributed by atoms with van der Waals surface area (Å²) in [6, 6.07) is 9.90. The third kappa shape index (κ3) is 5.48. The maximum atomic E-state index is 14.0. The third-order valence-electron chi connectivity index (χ3n) is 7.86. The van der Waals surface area contributed by atoms with Gasteiger partial charge in [-0.25, -0.2) is 8.42 Å². The van der Waals surface area contributed by atoms with Gasteiger partial charge in [0.1, 0.15) is 5.75 Å². The molecule has 42 heavy (non-hydrogen) atoms. The van der Waals surface area contributed by atoms with Gasteiger partial charge in [0.15, 0.2) is 0 Å². The fourth-order valence-corrected chi connectivity index (χ4v) is 8.10. The maximum absolute atomic E-state index is 14.0. The van der Waals surface area contributed by atoms with E-state index in [4.69, 9.17) is 4.74 Å². The van der Waals surface area contributed by atoms with Gasteiger partial charge < -0.3 is 15.0 Å². The topological polar surface area (TPSA) is 109 Å². The quantitative estimate of drug-likeness (QED) is 0.126. The van der Waals surface area contributed by atoms with Crippen LogP contribution >= 0.6 is 32.1 Å². The van der Waals surface area contributed by atoms with Crippen molar-refractivity contribution < 1.29 is 31.5 Å². The average molecular weight is 728 g/mol. The van der Waals surface area contributed by atoms with Crippen LogP contribution in [-0.4, -0.2) is 46.5 Å². The summed E-state index contributed by atoms with van der Waals surface area (Å²) in [6.07, 6.45) is 6.51. The molecule has 1 heterocycles. The summed E-state index contributed by atoms with van der Waals surface area (Å²) in [4.78, 5) is 26.1. The fourth-order valence-electron chi connectivity index (χ4n) is 5.82. The molecule has 1 unspecified atom stereocenters. The molecule has 5 atom stereocenters. The van der Waals surface area contributed by atoms with E-state index in [9.17, 15) is 26.8 Å². The van der Waals surface area contributed by atoms with Crippen molar-refractivity contribution >= 4 is 59.4 Å². The van der Waals surface area contributed by atoms with Crippen LogP contribution < -0.4 is 10.1 Å². The SMILES string of the molecule is COc1cc(C)c(-c2c[nH]c(C)c2)cc1C(=O)N(I)[C@H]1[C@@H](C(=O)Nc2cccc(S(=O)(=O)C(F)(F)P)c2)[C@@H]2C=C[C@H]1C2. The molecule has 0 radical (unpaired) electrons. The number of aryl methyl sites for hydroxylation is 2. The Morgan fingerprint density at radius 2 is 1.86 bits per heavy atom. The molecule has 222 valence electrons. The lowest BCUT2D eigenvalue weighted by atomic mass is 9.87. The highest BCUT2D eigenvalue weighted by Gasteiger charge is 2.52. The van der Waals surface area contributed by atoms with Crippen LogP contribution in [0.3, 0.4) is 0 Å². The Balaban J connectivity index is 1.43. The van der Waals surface area contributed by atoms with Crippen LogP contribution in [-0.2, 0) is 14.6 Å². The van der Waals surface area contributed by atoms with Crippen LogP contribution in [0.2, 0.25) is 0 Å². The van der Waals surface area contributed by atoms with Crippen molar-refractivity contribution in [1.29, 1.82) is 0 Å². The lowest BCUT2D eigenvalue weighted by molar-refractivity contribution is -0.121. The van der Waals surface area contributed by atoms with E-state index in [0.29, 0.717) is 17.7 Å². The lowest BCUT2D eigenvalue weighted by Crippen LogP contribution is -2.45. The zero-order valence-electron chi connectivity index (χ0n) is 22.9. The van der Waals surface area contributed by atoms with Gasteiger partial charge in [-0.05, 0) is 94.4 Å². The van der Waals surface area contributed by atoms with E-state index < -0.39 is 37.6 Å². The predicted molar refractivity (Wildman–Crippen MR) is 167 cm³/mol. The van der Waals surface area contributed by atoms with Gasteiger partial charge in [-0.3, -0.25) is 12.7 Å². The van der Waals surface area contributed by atoms with Crippen LogP contribution in [0.1, 0.15) is 28.0 Å². The summed E-state index contributed by atoms with van der Waals surface area (Å²) in [5, 5.41) is 2.70. The summed E-state index contributed by atoms with van der Waals surface area (Å²) >= 11 is 1.95. The molecule has 1 fully saturated rings. The Kier molecular flexibility index (Phi) is 8.27. The van der Waals surface area contributed by atoms with E-state index in [1.807, 2.05) is 67.2 Å². The number of allylic oxidation sites excluding steroid dienone is 1. The van der Waals surface area contributed by atoms with Crippen molar-refractivity contribution in [3.8, 4) is 16.9 Å². The lowest BCUT2D eigenvalue weighted by Gasteiger charge is -2.33. The van der Waals surface area contributed by atoms with E-state index in [1.165, 1.54) is 19.2 Å². The number of carbonyl (C=O) groups is 2. The number of aromatic amines is 1. The van der Waals surface area contributed by atoms with Crippen molar-refractivity contribution in [2.45, 2.75) is 36.2 Å². The van der Waals surface area contributed by atoms with E-state index >= 15 is 0 Å². The van der Waals surface area contributed by atoms with Crippen LogP contribution in [0.4, 0.5) is 14.5 Å². The molecule has 2 bridgehead atoms. The number of H-pyrrole nitrogens is 1. The van der Waals surface area contributed by atoms with Crippen molar-refractivity contribution in [3.63, 3.8) is 0 Å². The number of anilines is 1. The Morgan fingerprint density at radius 1 is 1.14 bits per heavy atom. The van der Waals surface area contributed by atoms with Gasteiger partial charge in [0.25, 0.3) is 5.91 Å². The zero-order valence-corrected chi connectivity index (χ0v) is 27.0. The van der Waals surface area contributed by atoms with Gasteiger partial charge in [0.2, 0.25) is 15.7 Å². The molecule has 8 nitrogen and oxygen atoms in total. The molecule has 2 aliphatic rings. The number of methoxy groups -OCH3 is 1. The number of alkyl halides is 2. The molecule has 3 aromatic rings. The Labute approximate surface area is 258 Å². The van der Waals surface area contributed by atoms with Crippen molar-refractivity contribution in [2.24, 2.45) is 17.8 Å². The standard InChI is InChI=1S/C29H29F2IN3O5PS/c1-15-9-24(40-3)23(13-22(15)19-10-16(2)33-14-19)28(37)35(32)26-18-8-7-17(11-18)25(26)27(36)34-20-5-4-6-21(12-20)42(38,39)29(30,31)41/h4-10,12-14,17-18,25-26,33H,11,41H2,1-3H3,(H,34,36)/t17-,18+,25+,26-/m1/s1. The first-order valence-electron chi connectivity index (χ1n) is 13.1. The third-order valence-corrected chi connectivity index (χ3v) is 11.5. The van der Waals surface area contributed by atoms with E-state index in [-0.39, 0.29) is 23.4 Å². The molecule has 2 N–H and O–H groups in total. The zero-order chi connectivity index (χ0) is 30.6. The molecule has 5 rings (SSSR count). The number of halogens is 3. The van der Waals surface area contributed by atoms with Gasteiger partial charge in [0, 0.05) is 17.6 Å². The molecular weight excluding hydrogens is 698 g/mol. The van der Waals surface area contributed by atoms with Gasteiger partial charge in [-0.1, -0.05) is 18.2 Å². The summed E-state index contributed by atoms with van der Waals surface area (Å²) in [7, 11) is -2.43. The molecule has 1 saturated carbocycles. The van der Waals surface area contributed by atoms with Crippen molar-refractivity contribution in [3.05, 3.63) is 77.6 Å². The summed E-state index contributed by atoms with van der Waals surface area (Å²) in [5.41, 5.74) is 4.15. The van der Waals surface area contributed by atoms with E-state index in [2.05, 4.69) is 10.3 Å². The first-order chi connectivity index (χ1) is 19.7. The number of ether oxygens (including phenoxy) is 1. The Morgan fingerprint density at radius 3 is 2.50 bits per heavy atom. The molecule has 2 aromatic carbocycles. The summed E-state index contributed by atoms with van der Waals surface area (Å²) < 4.78 is 59.0. The number of sulfone groups is 1. The van der Waals surface area contributed by atoms with Gasteiger partial charge in [0.05, 0.1) is 52.4 Å². The van der Waals surface area contributed by atoms with Crippen molar-refractivity contribution in [1.82, 2.24) is 8.10 Å². The minimum Gasteiger partial charge on any atom is -0.496 e. The van der Waals surface area contributed by atoms with Gasteiger partial charge in [-0.15, -0.1) is 0 Å². The minimum atomic E-state index is -4.96. The molecule has 0 spiro atoms. The number of hydrogen-bond acceptors (Lipinski definition) is 5. The first-order valence-corrected chi connectivity index (χ1v) is 16.1. The first kappa shape index (κ1) is 30.6. The smallest absolute Gasteiger partial charge is 0.359 e. The van der Waals surface area contributed by atoms with E-state index in [0.717, 1.165) is 43.8 Å². The number of hydrogen-bond donors (Lipinski definition) is 2. The van der Waals surface area contributed by atoms with E-state index in [1.54, 1.807) is 9.18 Å². The summed E-state index contributed by atoms with van der Waals surface area (Å²) in [6.45, 7) is 3.89. The molecule has 1 aromatic heterocycles. The summed E-state index contributed by atoms with van der Waals surface area (Å²) in [5.74, 6) is -1.20. The maximum Gasteiger partial charge on any atom is 0.359 e. The average Bonchev–Trinajstić information content (AvgIpc) is 3.68. The molecule has 2 amide bonds. The second kappa shape index (κ2) is 11.3. The Hall–Kier alpha value is -2.83. The minimum absolute atomic E-state index is 0.0683. The van der Waals surface area contributed by atoms with Crippen LogP contribution in [0.25, 0.3) is 11.1 Å². The molecular formula is C29H29F2IN3O5PS. The highest BCUT2D eigenvalue weighted by molar-refractivity contribution is 14.1. The number of carbonyl (C=O) groups excluding carboxylic acids is 2. The normalized spacial score (nSPS) is 21.4. The number of benzene rings is 2. The monoisotopic (exact) mass is 727 g/mol. The predicted octanol–water partition coefficient (Wildman–Crippen LogP) is 6.13. The number of amides is 2. The second-order valence-electron chi connectivity index (χ2n) is 10.6. The second-order valence-corrected chi connectivity index (χ2v) is 14.8. The van der Waals surface area contributed by atoms with Crippen LogP contribution in [0.15, 0.2) is 65.7 Å². The van der Waals surface area contributed by atoms with Gasteiger partial charge >= 0.3 is 5.00 Å². The fraction of sp³-hybridized carbons (Fsp3) is 0.310. The molecule has 0 saturated heterocycles. The molecule has 13 heteroatoms. The largest absolute Gasteiger partial charge is 0.496 e. The molecule has 2 aliphatic carbocycles. The number of nitrogens with zero attached hydrogens (tertiary/aromatic N) is 1. The van der Waals surface area contributed by atoms with Crippen LogP contribution in [0, 0.1) is 31.6 Å². The number of rotatable bonds is 8. The highest BCUT2D eigenvalue weighted by Crippen LogP contribution is 2.48. The van der Waals surface area contributed by atoms with Crippen LogP contribution in [0.5, 0.6) is 5.75 Å².